The zero-order valence-corrected chi connectivity index (χ0v) is 12.5. The Hall–Kier alpha value is -1.32. The van der Waals surface area contributed by atoms with Gasteiger partial charge >= 0.3 is 0 Å². The molecular formula is C17H23NO2. The summed E-state index contributed by atoms with van der Waals surface area (Å²) in [4.78, 5) is 0. The number of benzene rings is 1. The lowest BCUT2D eigenvalue weighted by atomic mass is 10.0. The minimum atomic E-state index is 0.0264. The second-order valence-corrected chi connectivity index (χ2v) is 5.86. The fourth-order valence-corrected chi connectivity index (χ4v) is 2.95. The Balaban J connectivity index is 1.96. The SMILES string of the molecule is CCc1c(C2CNCC(C(C)C)O2)oc2ccccc12. The molecule has 1 aromatic heterocycles. The van der Waals surface area contributed by atoms with E-state index in [2.05, 4.69) is 38.2 Å². The predicted molar refractivity (Wildman–Crippen MR) is 80.9 cm³/mol. The molecule has 0 radical (unpaired) electrons. The van der Waals surface area contributed by atoms with E-state index < -0.39 is 0 Å². The molecule has 0 spiro atoms. The van der Waals surface area contributed by atoms with Crippen LogP contribution in [0.3, 0.4) is 0 Å². The molecule has 2 heterocycles. The van der Waals surface area contributed by atoms with E-state index >= 15 is 0 Å². The monoisotopic (exact) mass is 273 g/mol. The highest BCUT2D eigenvalue weighted by Gasteiger charge is 2.29. The van der Waals surface area contributed by atoms with Crippen molar-refractivity contribution in [1.29, 1.82) is 0 Å². The molecule has 0 saturated carbocycles. The first-order valence-electron chi connectivity index (χ1n) is 7.57. The van der Waals surface area contributed by atoms with Gasteiger partial charge in [0, 0.05) is 24.0 Å². The summed E-state index contributed by atoms with van der Waals surface area (Å²) in [7, 11) is 0. The highest BCUT2D eigenvalue weighted by molar-refractivity contribution is 5.82. The van der Waals surface area contributed by atoms with Crippen LogP contribution in [0.2, 0.25) is 0 Å². The lowest BCUT2D eigenvalue weighted by Gasteiger charge is -2.32. The summed E-state index contributed by atoms with van der Waals surface area (Å²) in [6.07, 6.45) is 1.25. The molecule has 108 valence electrons. The van der Waals surface area contributed by atoms with Crippen molar-refractivity contribution < 1.29 is 9.15 Å². The van der Waals surface area contributed by atoms with Gasteiger partial charge < -0.3 is 14.5 Å². The first-order valence-corrected chi connectivity index (χ1v) is 7.57. The van der Waals surface area contributed by atoms with Crippen molar-refractivity contribution >= 4 is 11.0 Å². The second kappa shape index (κ2) is 5.58. The maximum atomic E-state index is 6.25. The van der Waals surface area contributed by atoms with Gasteiger partial charge in [-0.25, -0.2) is 0 Å². The molecule has 0 aliphatic carbocycles. The summed E-state index contributed by atoms with van der Waals surface area (Å²) in [5, 5.41) is 4.70. The van der Waals surface area contributed by atoms with Gasteiger partial charge in [-0.1, -0.05) is 39.0 Å². The average Bonchev–Trinajstić information content (AvgIpc) is 2.86. The molecule has 3 rings (SSSR count). The van der Waals surface area contributed by atoms with Crippen molar-refractivity contribution in [2.75, 3.05) is 13.1 Å². The Morgan fingerprint density at radius 3 is 2.80 bits per heavy atom. The third-order valence-corrected chi connectivity index (χ3v) is 4.13. The van der Waals surface area contributed by atoms with Crippen LogP contribution in [0.5, 0.6) is 0 Å². The fraction of sp³-hybridized carbons (Fsp3) is 0.529. The average molecular weight is 273 g/mol. The van der Waals surface area contributed by atoms with Crippen molar-refractivity contribution in [2.24, 2.45) is 5.92 Å². The fourth-order valence-electron chi connectivity index (χ4n) is 2.95. The number of morpholine rings is 1. The maximum Gasteiger partial charge on any atom is 0.138 e. The first kappa shape index (κ1) is 13.7. The Morgan fingerprint density at radius 1 is 1.25 bits per heavy atom. The largest absolute Gasteiger partial charge is 0.458 e. The van der Waals surface area contributed by atoms with E-state index in [1.165, 1.54) is 10.9 Å². The van der Waals surface area contributed by atoms with Crippen LogP contribution in [0.4, 0.5) is 0 Å². The number of rotatable bonds is 3. The van der Waals surface area contributed by atoms with Gasteiger partial charge in [0.15, 0.2) is 0 Å². The standard InChI is InChI=1S/C17H23NO2/c1-4-12-13-7-5-6-8-14(13)20-17(12)16-10-18-9-15(19-16)11(2)3/h5-8,11,15-16,18H,4,9-10H2,1-3H3. The number of ether oxygens (including phenoxy) is 1. The van der Waals surface area contributed by atoms with Gasteiger partial charge in [-0.05, 0) is 18.4 Å². The smallest absolute Gasteiger partial charge is 0.138 e. The van der Waals surface area contributed by atoms with Gasteiger partial charge in [0.1, 0.15) is 17.4 Å². The second-order valence-electron chi connectivity index (χ2n) is 5.86. The quantitative estimate of drug-likeness (QED) is 0.926. The molecule has 1 aliphatic heterocycles. The number of aryl methyl sites for hydroxylation is 1. The Labute approximate surface area is 120 Å². The van der Waals surface area contributed by atoms with Crippen LogP contribution in [-0.4, -0.2) is 19.2 Å². The molecule has 2 atom stereocenters. The number of para-hydroxylation sites is 1. The number of hydrogen-bond donors (Lipinski definition) is 1. The Kier molecular flexibility index (Phi) is 3.81. The topological polar surface area (TPSA) is 34.4 Å². The third-order valence-electron chi connectivity index (χ3n) is 4.13. The molecule has 1 aromatic carbocycles. The molecule has 0 bridgehead atoms. The first-order chi connectivity index (χ1) is 9.70. The van der Waals surface area contributed by atoms with Gasteiger partial charge in [-0.3, -0.25) is 0 Å². The molecule has 2 aromatic rings. The van der Waals surface area contributed by atoms with Crippen molar-refractivity contribution in [3.8, 4) is 0 Å². The molecule has 2 unspecified atom stereocenters. The van der Waals surface area contributed by atoms with E-state index in [1.807, 2.05) is 12.1 Å². The lowest BCUT2D eigenvalue weighted by Crippen LogP contribution is -2.43. The molecule has 1 aliphatic rings. The summed E-state index contributed by atoms with van der Waals surface area (Å²) < 4.78 is 12.3. The Bertz CT molecular complexity index is 588. The van der Waals surface area contributed by atoms with Crippen LogP contribution in [0.15, 0.2) is 28.7 Å². The van der Waals surface area contributed by atoms with Crippen LogP contribution in [0, 0.1) is 5.92 Å². The lowest BCUT2D eigenvalue weighted by molar-refractivity contribution is -0.0686. The van der Waals surface area contributed by atoms with E-state index in [0.29, 0.717) is 5.92 Å². The summed E-state index contributed by atoms with van der Waals surface area (Å²) in [6.45, 7) is 8.34. The van der Waals surface area contributed by atoms with Gasteiger partial charge in [0.25, 0.3) is 0 Å². The van der Waals surface area contributed by atoms with Gasteiger partial charge in [0.2, 0.25) is 0 Å². The summed E-state index contributed by atoms with van der Waals surface area (Å²) in [6, 6.07) is 8.26. The normalized spacial score (nSPS) is 23.6. The highest BCUT2D eigenvalue weighted by atomic mass is 16.5. The maximum absolute atomic E-state index is 6.25. The van der Waals surface area contributed by atoms with Crippen LogP contribution >= 0.6 is 0 Å². The van der Waals surface area contributed by atoms with E-state index in [-0.39, 0.29) is 12.2 Å². The molecule has 3 nitrogen and oxygen atoms in total. The number of nitrogens with one attached hydrogen (secondary N) is 1. The number of fused-ring (bicyclic) bond motifs is 1. The molecule has 3 heteroatoms. The molecule has 20 heavy (non-hydrogen) atoms. The molecule has 1 fully saturated rings. The third kappa shape index (κ3) is 2.36. The van der Waals surface area contributed by atoms with E-state index in [1.54, 1.807) is 0 Å². The predicted octanol–water partition coefficient (Wildman–Crippen LogP) is 3.68. The number of furan rings is 1. The van der Waals surface area contributed by atoms with Gasteiger partial charge in [-0.15, -0.1) is 0 Å². The van der Waals surface area contributed by atoms with Crippen molar-refractivity contribution in [3.63, 3.8) is 0 Å². The van der Waals surface area contributed by atoms with E-state index in [4.69, 9.17) is 9.15 Å². The highest BCUT2D eigenvalue weighted by Crippen LogP contribution is 2.34. The van der Waals surface area contributed by atoms with Crippen LogP contribution < -0.4 is 5.32 Å². The van der Waals surface area contributed by atoms with Crippen molar-refractivity contribution in [1.82, 2.24) is 5.32 Å². The van der Waals surface area contributed by atoms with Crippen LogP contribution in [-0.2, 0) is 11.2 Å². The van der Waals surface area contributed by atoms with Crippen LogP contribution in [0.1, 0.15) is 38.2 Å². The summed E-state index contributed by atoms with van der Waals surface area (Å²) in [5.74, 6) is 1.52. The van der Waals surface area contributed by atoms with E-state index in [9.17, 15) is 0 Å². The summed E-state index contributed by atoms with van der Waals surface area (Å²) in [5.41, 5.74) is 2.26. The van der Waals surface area contributed by atoms with E-state index in [0.717, 1.165) is 30.9 Å². The zero-order valence-electron chi connectivity index (χ0n) is 12.5. The van der Waals surface area contributed by atoms with Crippen molar-refractivity contribution in [2.45, 2.75) is 39.4 Å². The van der Waals surface area contributed by atoms with Gasteiger partial charge in [0.05, 0.1) is 6.10 Å². The Morgan fingerprint density at radius 2 is 2.05 bits per heavy atom. The van der Waals surface area contributed by atoms with Gasteiger partial charge in [-0.2, -0.15) is 0 Å². The molecule has 1 saturated heterocycles. The molecule has 1 N–H and O–H groups in total. The molecule has 0 amide bonds. The zero-order chi connectivity index (χ0) is 14.1. The van der Waals surface area contributed by atoms with Crippen LogP contribution in [0.25, 0.3) is 11.0 Å². The molecular weight excluding hydrogens is 250 g/mol. The number of hydrogen-bond acceptors (Lipinski definition) is 3. The minimum Gasteiger partial charge on any atom is -0.458 e. The van der Waals surface area contributed by atoms with Crippen molar-refractivity contribution in [3.05, 3.63) is 35.6 Å². The summed E-state index contributed by atoms with van der Waals surface area (Å²) >= 11 is 0. The minimum absolute atomic E-state index is 0.0264.